The number of ether oxygens (including phenoxy) is 1. The number of rotatable bonds is 4. The SMILES string of the molecule is COc1cc2nc(N)n3nc([C@@H]4CC[C@H](C)N(C5=C/[N+](=C\C6CCC(C)(O)CC6)N=C5)C4)nc3c2cc1F. The van der Waals surface area contributed by atoms with E-state index in [4.69, 9.17) is 20.6 Å². The Morgan fingerprint density at radius 3 is 2.76 bits per heavy atom. The summed E-state index contributed by atoms with van der Waals surface area (Å²) in [6.07, 6.45) is 11.6. The van der Waals surface area contributed by atoms with Crippen LogP contribution in [-0.2, 0) is 0 Å². The quantitative estimate of drug-likeness (QED) is 0.505. The Morgan fingerprint density at radius 2 is 2.00 bits per heavy atom. The number of nitrogens with zero attached hydrogens (tertiary/aromatic N) is 7. The molecule has 0 radical (unpaired) electrons. The third-order valence-electron chi connectivity index (χ3n) is 8.22. The maximum absolute atomic E-state index is 14.5. The monoisotopic (exact) mass is 521 g/mol. The van der Waals surface area contributed by atoms with Crippen molar-refractivity contribution in [2.24, 2.45) is 11.0 Å². The number of aliphatic hydroxyl groups is 1. The van der Waals surface area contributed by atoms with E-state index < -0.39 is 11.4 Å². The van der Waals surface area contributed by atoms with Gasteiger partial charge in [-0.15, -0.1) is 5.10 Å². The summed E-state index contributed by atoms with van der Waals surface area (Å²) in [5, 5.41) is 20.1. The molecule has 0 amide bonds. The fourth-order valence-corrected chi connectivity index (χ4v) is 5.84. The Bertz CT molecular complexity index is 1480. The van der Waals surface area contributed by atoms with Crippen LogP contribution in [0.1, 0.15) is 64.1 Å². The topological polar surface area (TPSA) is 117 Å². The van der Waals surface area contributed by atoms with Crippen molar-refractivity contribution in [2.45, 2.75) is 69.9 Å². The lowest BCUT2D eigenvalue weighted by Gasteiger charge is -2.37. The Balaban J connectivity index is 1.25. The molecule has 1 aromatic carbocycles. The Kier molecular flexibility index (Phi) is 6.05. The van der Waals surface area contributed by atoms with Crippen molar-refractivity contribution in [3.63, 3.8) is 0 Å². The van der Waals surface area contributed by atoms with Crippen LogP contribution in [0.25, 0.3) is 16.6 Å². The van der Waals surface area contributed by atoms with E-state index in [1.54, 1.807) is 0 Å². The highest BCUT2D eigenvalue weighted by molar-refractivity contribution is 5.93. The average Bonchev–Trinajstić information content (AvgIpc) is 3.54. The number of fused-ring (bicyclic) bond motifs is 3. The first-order chi connectivity index (χ1) is 18.2. The smallest absolute Gasteiger partial charge is 0.227 e. The summed E-state index contributed by atoms with van der Waals surface area (Å²) in [5.41, 5.74) is 7.72. The molecule has 3 N–H and O–H groups in total. The van der Waals surface area contributed by atoms with Crippen LogP contribution >= 0.6 is 0 Å². The molecule has 200 valence electrons. The number of likely N-dealkylation sites (tertiary alicyclic amines) is 1. The molecule has 0 bridgehead atoms. The molecule has 38 heavy (non-hydrogen) atoms. The lowest BCUT2D eigenvalue weighted by molar-refractivity contribution is -0.455. The van der Waals surface area contributed by atoms with E-state index in [2.05, 4.69) is 34.3 Å². The molecule has 10 nitrogen and oxygen atoms in total. The zero-order valence-electron chi connectivity index (χ0n) is 22.0. The number of nitrogens with two attached hydrogens (primary N) is 1. The normalized spacial score (nSPS) is 29.0. The Hall–Kier alpha value is -3.60. The van der Waals surface area contributed by atoms with Gasteiger partial charge < -0.3 is 20.5 Å². The van der Waals surface area contributed by atoms with Crippen molar-refractivity contribution in [1.82, 2.24) is 24.5 Å². The predicted molar refractivity (Wildman–Crippen MR) is 143 cm³/mol. The van der Waals surface area contributed by atoms with Gasteiger partial charge in [0.05, 0.1) is 18.2 Å². The maximum Gasteiger partial charge on any atom is 0.227 e. The second-order valence-electron chi connectivity index (χ2n) is 11.1. The molecular weight excluding hydrogens is 487 g/mol. The molecule has 2 aliphatic heterocycles. The highest BCUT2D eigenvalue weighted by Crippen LogP contribution is 2.34. The molecule has 2 fully saturated rings. The number of allylic oxidation sites excluding steroid dienone is 1. The van der Waals surface area contributed by atoms with Gasteiger partial charge in [-0.1, -0.05) is 4.68 Å². The largest absolute Gasteiger partial charge is 0.494 e. The summed E-state index contributed by atoms with van der Waals surface area (Å²) in [4.78, 5) is 11.6. The summed E-state index contributed by atoms with van der Waals surface area (Å²) in [6.45, 7) is 4.89. The molecule has 0 unspecified atom stereocenters. The molecule has 1 saturated heterocycles. The van der Waals surface area contributed by atoms with Crippen LogP contribution in [0, 0.1) is 11.7 Å². The van der Waals surface area contributed by atoms with Crippen LogP contribution in [0.3, 0.4) is 0 Å². The molecular formula is C27H34FN8O2+. The van der Waals surface area contributed by atoms with E-state index in [-0.39, 0.29) is 17.6 Å². The lowest BCUT2D eigenvalue weighted by atomic mass is 9.80. The molecule has 3 aliphatic rings. The predicted octanol–water partition coefficient (Wildman–Crippen LogP) is 3.44. The van der Waals surface area contributed by atoms with Crippen molar-refractivity contribution in [2.75, 3.05) is 19.4 Å². The summed E-state index contributed by atoms with van der Waals surface area (Å²) in [6, 6.07) is 3.26. The first-order valence-electron chi connectivity index (χ1n) is 13.3. The number of hydrazone groups is 1. The fraction of sp³-hybridized carbons (Fsp3) is 0.519. The van der Waals surface area contributed by atoms with Crippen molar-refractivity contribution < 1.29 is 18.9 Å². The van der Waals surface area contributed by atoms with Gasteiger partial charge in [-0.2, -0.15) is 4.52 Å². The van der Waals surface area contributed by atoms with Crippen LogP contribution in [0.2, 0.25) is 0 Å². The standard InChI is InChI=1S/C27H34FN8O2/c1-16-4-5-18(14-35(16)19-12-30-34(15-19)13-17-6-8-27(2,37)9-7-17)24-32-25-20-10-21(28)23(38-3)11-22(20)31-26(29)36(25)33-24/h10-13,15-18,37H,4-9,14H2,1-3H3,(H2,29,31)/q+1/b34-13+/t16-,17?,18+,27?/m0/s1. The van der Waals surface area contributed by atoms with Gasteiger partial charge in [0.2, 0.25) is 12.1 Å². The van der Waals surface area contributed by atoms with Crippen molar-refractivity contribution in [1.29, 1.82) is 0 Å². The van der Waals surface area contributed by atoms with Gasteiger partial charge in [0.1, 0.15) is 11.9 Å². The highest BCUT2D eigenvalue weighted by Gasteiger charge is 2.34. The molecule has 1 saturated carbocycles. The fourth-order valence-electron chi connectivity index (χ4n) is 5.84. The molecule has 2 atom stereocenters. The third kappa shape index (κ3) is 4.48. The van der Waals surface area contributed by atoms with E-state index in [1.807, 2.05) is 17.8 Å². The number of piperidine rings is 1. The molecule has 6 rings (SSSR count). The minimum atomic E-state index is -0.544. The van der Waals surface area contributed by atoms with Gasteiger partial charge in [0.15, 0.2) is 29.3 Å². The van der Waals surface area contributed by atoms with Crippen LogP contribution in [-0.4, -0.2) is 72.0 Å². The van der Waals surface area contributed by atoms with E-state index in [1.165, 1.54) is 23.8 Å². The number of methoxy groups -OCH3 is 1. The zero-order chi connectivity index (χ0) is 26.6. The first kappa shape index (κ1) is 24.7. The van der Waals surface area contributed by atoms with Gasteiger partial charge in [0.25, 0.3) is 0 Å². The minimum absolute atomic E-state index is 0.0801. The summed E-state index contributed by atoms with van der Waals surface area (Å²) in [5.74, 6) is 0.989. The van der Waals surface area contributed by atoms with E-state index in [0.29, 0.717) is 34.3 Å². The number of hydrogen-bond donors (Lipinski definition) is 2. The van der Waals surface area contributed by atoms with Crippen LogP contribution in [0.15, 0.2) is 29.1 Å². The second kappa shape index (κ2) is 9.30. The van der Waals surface area contributed by atoms with Gasteiger partial charge >= 0.3 is 0 Å². The highest BCUT2D eigenvalue weighted by atomic mass is 19.1. The number of anilines is 1. The molecule has 2 aromatic heterocycles. The van der Waals surface area contributed by atoms with Crippen LogP contribution in [0.5, 0.6) is 5.75 Å². The van der Waals surface area contributed by atoms with Crippen molar-refractivity contribution in [3.8, 4) is 5.75 Å². The number of nitrogen functional groups attached to an aromatic ring is 1. The lowest BCUT2D eigenvalue weighted by Crippen LogP contribution is -2.40. The van der Waals surface area contributed by atoms with Gasteiger partial charge in [-0.25, -0.2) is 14.4 Å². The average molecular weight is 522 g/mol. The van der Waals surface area contributed by atoms with Crippen LogP contribution < -0.4 is 10.5 Å². The van der Waals surface area contributed by atoms with E-state index >= 15 is 0 Å². The molecule has 11 heteroatoms. The van der Waals surface area contributed by atoms with Crippen LogP contribution in [0.4, 0.5) is 10.3 Å². The Labute approximate surface area is 220 Å². The van der Waals surface area contributed by atoms with E-state index in [9.17, 15) is 9.50 Å². The van der Waals surface area contributed by atoms with E-state index in [0.717, 1.165) is 50.8 Å². The third-order valence-corrected chi connectivity index (χ3v) is 8.22. The second-order valence-corrected chi connectivity index (χ2v) is 11.1. The summed E-state index contributed by atoms with van der Waals surface area (Å²) >= 11 is 0. The molecule has 1 aliphatic carbocycles. The van der Waals surface area contributed by atoms with Gasteiger partial charge in [-0.05, 0) is 63.5 Å². The van der Waals surface area contributed by atoms with Crippen molar-refractivity contribution in [3.05, 3.63) is 35.7 Å². The minimum Gasteiger partial charge on any atom is -0.494 e. The molecule has 4 heterocycles. The van der Waals surface area contributed by atoms with Gasteiger partial charge in [0, 0.05) is 35.9 Å². The number of halogens is 1. The maximum atomic E-state index is 14.5. The summed E-state index contributed by atoms with van der Waals surface area (Å²) < 4.78 is 23.0. The van der Waals surface area contributed by atoms with Gasteiger partial charge in [-0.3, -0.25) is 0 Å². The number of aromatic nitrogens is 4. The molecule has 3 aromatic rings. The first-order valence-corrected chi connectivity index (χ1v) is 13.3. The Morgan fingerprint density at radius 1 is 1.21 bits per heavy atom. The molecule has 0 spiro atoms. The zero-order valence-corrected chi connectivity index (χ0v) is 22.0. The van der Waals surface area contributed by atoms with Crippen molar-refractivity contribution >= 4 is 34.9 Å². The summed E-state index contributed by atoms with van der Waals surface area (Å²) in [7, 11) is 1.42. The number of hydrogen-bond acceptors (Lipinski definition) is 8. The number of benzene rings is 1.